The predicted octanol–water partition coefficient (Wildman–Crippen LogP) is 3.78. The van der Waals surface area contributed by atoms with Crippen molar-refractivity contribution >= 4 is 27.6 Å². The van der Waals surface area contributed by atoms with Crippen LogP contribution in [0.2, 0.25) is 0 Å². The van der Waals surface area contributed by atoms with E-state index in [2.05, 4.69) is 15.3 Å². The van der Waals surface area contributed by atoms with Gasteiger partial charge in [0.2, 0.25) is 0 Å². The second-order valence-corrected chi connectivity index (χ2v) is 8.51. The van der Waals surface area contributed by atoms with E-state index in [1.807, 2.05) is 0 Å². The molecule has 2 aromatic heterocycles. The van der Waals surface area contributed by atoms with Gasteiger partial charge in [-0.1, -0.05) is 0 Å². The summed E-state index contributed by atoms with van der Waals surface area (Å²) in [5, 5.41) is 13.3. The largest absolute Gasteiger partial charge is 0.414 e. The van der Waals surface area contributed by atoms with Gasteiger partial charge in [0.1, 0.15) is 0 Å². The highest BCUT2D eigenvalue weighted by molar-refractivity contribution is 7.18. The van der Waals surface area contributed by atoms with Gasteiger partial charge in [-0.2, -0.15) is 13.2 Å². The maximum absolute atomic E-state index is 12.6. The Morgan fingerprint density at radius 1 is 1.22 bits per heavy atom. The van der Waals surface area contributed by atoms with Crippen molar-refractivity contribution < 1.29 is 23.1 Å². The number of rotatable bonds is 4. The normalized spacial score (nSPS) is 24.7. The Balaban J connectivity index is 1.36. The van der Waals surface area contributed by atoms with E-state index >= 15 is 0 Å². The Bertz CT molecular complexity index is 842. The van der Waals surface area contributed by atoms with E-state index < -0.39 is 18.2 Å². The van der Waals surface area contributed by atoms with Gasteiger partial charge >= 0.3 is 6.18 Å². The van der Waals surface area contributed by atoms with Gasteiger partial charge in [-0.3, -0.25) is 4.79 Å². The molecule has 0 spiro atoms. The van der Waals surface area contributed by atoms with E-state index in [0.29, 0.717) is 30.0 Å². The highest BCUT2D eigenvalue weighted by Gasteiger charge is 2.44. The van der Waals surface area contributed by atoms with Crippen LogP contribution >= 0.6 is 11.3 Å². The molecule has 2 fully saturated rings. The number of fused-ring (bicyclic) bond motifs is 1. The minimum absolute atomic E-state index is 0.187. The molecule has 2 saturated carbocycles. The Morgan fingerprint density at radius 2 is 1.93 bits per heavy atom. The molecule has 2 heterocycles. The van der Waals surface area contributed by atoms with E-state index in [9.17, 15) is 23.1 Å². The smallest absolute Gasteiger partial charge is 0.383 e. The zero-order chi connectivity index (χ0) is 19.2. The van der Waals surface area contributed by atoms with Crippen LogP contribution in [-0.4, -0.2) is 39.3 Å². The fourth-order valence-corrected chi connectivity index (χ4v) is 4.72. The van der Waals surface area contributed by atoms with E-state index in [0.717, 1.165) is 22.5 Å². The molecular weight excluding hydrogens is 379 g/mol. The lowest BCUT2D eigenvalue weighted by molar-refractivity contribution is -0.222. The number of carbonyl (C=O) groups is 1. The Morgan fingerprint density at radius 3 is 2.56 bits per heavy atom. The van der Waals surface area contributed by atoms with Crippen LogP contribution in [0.5, 0.6) is 0 Å². The molecule has 4 rings (SSSR count). The first-order valence-electron chi connectivity index (χ1n) is 9.13. The molecule has 5 nitrogen and oxygen atoms in total. The zero-order valence-electron chi connectivity index (χ0n) is 14.5. The molecule has 2 aliphatic rings. The standard InChI is InChI=1S/C18H20F3N3O2S/c19-18(20,21)14(25)9-3-5-12(6-4-9)23-16(26)11-7-13-15(22-8-11)24-17(27-13)10-1-2-10/h7-10,12,14,25H,1-6H2,(H,23,26). The van der Waals surface area contributed by atoms with Crippen molar-refractivity contribution in [2.75, 3.05) is 0 Å². The lowest BCUT2D eigenvalue weighted by atomic mass is 9.82. The van der Waals surface area contributed by atoms with Gasteiger partial charge in [0, 0.05) is 18.2 Å². The monoisotopic (exact) mass is 399 g/mol. The molecule has 0 saturated heterocycles. The summed E-state index contributed by atoms with van der Waals surface area (Å²) in [5.41, 5.74) is 1.09. The fraction of sp³-hybridized carbons (Fsp3) is 0.611. The molecule has 0 bridgehead atoms. The summed E-state index contributed by atoms with van der Waals surface area (Å²) in [6.45, 7) is 0. The van der Waals surface area contributed by atoms with Crippen LogP contribution in [0.15, 0.2) is 12.3 Å². The summed E-state index contributed by atoms with van der Waals surface area (Å²) in [5.74, 6) is -0.538. The molecule has 1 atom stereocenters. The summed E-state index contributed by atoms with van der Waals surface area (Å²) in [6, 6.07) is 1.59. The van der Waals surface area contributed by atoms with Crippen molar-refractivity contribution in [1.29, 1.82) is 0 Å². The number of nitrogens with zero attached hydrogens (tertiary/aromatic N) is 2. The van der Waals surface area contributed by atoms with E-state index in [1.54, 1.807) is 17.4 Å². The number of aliphatic hydroxyl groups excluding tert-OH is 1. The highest BCUT2D eigenvalue weighted by Crippen LogP contribution is 2.43. The maximum atomic E-state index is 12.6. The van der Waals surface area contributed by atoms with Crippen LogP contribution in [0.3, 0.4) is 0 Å². The van der Waals surface area contributed by atoms with Crippen LogP contribution in [0.1, 0.15) is 59.8 Å². The minimum Gasteiger partial charge on any atom is -0.383 e. The number of nitrogens with one attached hydrogen (secondary N) is 1. The van der Waals surface area contributed by atoms with Gasteiger partial charge in [-0.15, -0.1) is 11.3 Å². The molecular formula is C18H20F3N3O2S. The zero-order valence-corrected chi connectivity index (χ0v) is 15.3. The highest BCUT2D eigenvalue weighted by atomic mass is 32.1. The predicted molar refractivity (Wildman–Crippen MR) is 94.7 cm³/mol. The summed E-state index contributed by atoms with van der Waals surface area (Å²) in [7, 11) is 0. The molecule has 2 aromatic rings. The fourth-order valence-electron chi connectivity index (χ4n) is 3.58. The molecule has 2 N–H and O–H groups in total. The third kappa shape index (κ3) is 4.08. The Labute approximate surface area is 158 Å². The van der Waals surface area contributed by atoms with Crippen molar-refractivity contribution in [3.63, 3.8) is 0 Å². The quantitative estimate of drug-likeness (QED) is 0.821. The van der Waals surface area contributed by atoms with Gasteiger partial charge in [0.25, 0.3) is 5.91 Å². The van der Waals surface area contributed by atoms with Gasteiger partial charge in [0.15, 0.2) is 11.8 Å². The molecule has 0 aliphatic heterocycles. The molecule has 2 aliphatic carbocycles. The molecule has 1 unspecified atom stereocenters. The first-order chi connectivity index (χ1) is 12.8. The van der Waals surface area contributed by atoms with Crippen molar-refractivity contribution in [3.05, 3.63) is 22.8 Å². The van der Waals surface area contributed by atoms with Crippen LogP contribution in [0.25, 0.3) is 10.3 Å². The lowest BCUT2D eigenvalue weighted by Crippen LogP contribution is -2.42. The summed E-state index contributed by atoms with van der Waals surface area (Å²) in [6.07, 6.45) is -1.75. The average molecular weight is 399 g/mol. The molecule has 9 heteroatoms. The van der Waals surface area contributed by atoms with E-state index in [-0.39, 0.29) is 24.8 Å². The number of hydrogen-bond acceptors (Lipinski definition) is 5. The van der Waals surface area contributed by atoms with Gasteiger partial charge in [-0.25, -0.2) is 9.97 Å². The number of aromatic nitrogens is 2. The van der Waals surface area contributed by atoms with E-state index in [4.69, 9.17) is 0 Å². The minimum atomic E-state index is -4.59. The molecule has 0 aromatic carbocycles. The summed E-state index contributed by atoms with van der Waals surface area (Å²) < 4.78 is 38.7. The number of halogens is 3. The van der Waals surface area contributed by atoms with Gasteiger partial charge in [-0.05, 0) is 50.5 Å². The average Bonchev–Trinajstić information content (AvgIpc) is 3.39. The topological polar surface area (TPSA) is 75.1 Å². The Hall–Kier alpha value is -1.74. The van der Waals surface area contributed by atoms with Crippen LogP contribution in [0.4, 0.5) is 13.2 Å². The van der Waals surface area contributed by atoms with Gasteiger partial charge < -0.3 is 10.4 Å². The van der Waals surface area contributed by atoms with Crippen molar-refractivity contribution in [1.82, 2.24) is 15.3 Å². The third-order valence-corrected chi connectivity index (χ3v) is 6.50. The van der Waals surface area contributed by atoms with Crippen LogP contribution < -0.4 is 5.32 Å². The number of amides is 1. The first kappa shape index (κ1) is 18.6. The number of thiazole rings is 1. The van der Waals surface area contributed by atoms with Crippen molar-refractivity contribution in [2.45, 2.75) is 62.8 Å². The summed E-state index contributed by atoms with van der Waals surface area (Å²) >= 11 is 1.56. The molecule has 1 amide bonds. The maximum Gasteiger partial charge on any atom is 0.414 e. The number of carbonyl (C=O) groups excluding carboxylic acids is 1. The second-order valence-electron chi connectivity index (χ2n) is 7.44. The summed E-state index contributed by atoms with van der Waals surface area (Å²) in [4.78, 5) is 21.3. The lowest BCUT2D eigenvalue weighted by Gasteiger charge is -2.32. The van der Waals surface area contributed by atoms with Crippen LogP contribution in [0, 0.1) is 5.92 Å². The number of pyridine rings is 1. The van der Waals surface area contributed by atoms with Gasteiger partial charge in [0.05, 0.1) is 15.3 Å². The van der Waals surface area contributed by atoms with Crippen molar-refractivity contribution in [2.24, 2.45) is 5.92 Å². The van der Waals surface area contributed by atoms with E-state index in [1.165, 1.54) is 6.20 Å². The molecule has 146 valence electrons. The first-order valence-corrected chi connectivity index (χ1v) is 9.95. The molecule has 27 heavy (non-hydrogen) atoms. The van der Waals surface area contributed by atoms with Crippen LogP contribution in [-0.2, 0) is 0 Å². The molecule has 0 radical (unpaired) electrons. The third-order valence-electron chi connectivity index (χ3n) is 5.34. The second kappa shape index (κ2) is 7.01. The van der Waals surface area contributed by atoms with Crippen molar-refractivity contribution in [3.8, 4) is 0 Å². The number of hydrogen-bond donors (Lipinski definition) is 2. The number of alkyl halides is 3. The Kier molecular flexibility index (Phi) is 4.84. The SMILES string of the molecule is O=C(NC1CCC(C(O)C(F)(F)F)CC1)c1cnc2nc(C3CC3)sc2c1. The number of aliphatic hydroxyl groups is 1.